The number of benzene rings is 2. The van der Waals surface area contributed by atoms with Crippen molar-refractivity contribution >= 4 is 34.9 Å². The SMILES string of the molecule is O=C(O)c1ccc(Nc2nc3cccc(-c4ccc(Cl)cc4)n3n2)cc1. The molecule has 0 unspecified atom stereocenters. The summed E-state index contributed by atoms with van der Waals surface area (Å²) in [5, 5.41) is 17.2. The van der Waals surface area contributed by atoms with Crippen molar-refractivity contribution in [2.75, 3.05) is 5.32 Å². The van der Waals surface area contributed by atoms with Crippen molar-refractivity contribution in [3.05, 3.63) is 77.3 Å². The zero-order valence-electron chi connectivity index (χ0n) is 13.4. The number of carbonyl (C=O) groups is 1. The Morgan fingerprint density at radius 1 is 1.00 bits per heavy atom. The van der Waals surface area contributed by atoms with Gasteiger partial charge in [-0.15, -0.1) is 5.10 Å². The van der Waals surface area contributed by atoms with E-state index < -0.39 is 5.97 Å². The molecule has 4 aromatic rings. The number of aromatic carboxylic acids is 1. The van der Waals surface area contributed by atoms with Crippen LogP contribution in [-0.4, -0.2) is 25.7 Å². The van der Waals surface area contributed by atoms with Gasteiger partial charge in [-0.3, -0.25) is 0 Å². The van der Waals surface area contributed by atoms with Crippen molar-refractivity contribution in [1.82, 2.24) is 14.6 Å². The molecule has 2 N–H and O–H groups in total. The fourth-order valence-electron chi connectivity index (χ4n) is 2.62. The van der Waals surface area contributed by atoms with Crippen molar-refractivity contribution in [3.63, 3.8) is 0 Å². The predicted molar refractivity (Wildman–Crippen MR) is 100 cm³/mol. The minimum atomic E-state index is -0.963. The van der Waals surface area contributed by atoms with Gasteiger partial charge in [0.2, 0.25) is 5.95 Å². The second kappa shape index (κ2) is 6.50. The van der Waals surface area contributed by atoms with Crippen LogP contribution in [0.1, 0.15) is 10.4 Å². The average Bonchev–Trinajstić information content (AvgIpc) is 3.05. The van der Waals surface area contributed by atoms with Crippen LogP contribution in [0.3, 0.4) is 0 Å². The van der Waals surface area contributed by atoms with Gasteiger partial charge in [-0.1, -0.05) is 29.8 Å². The molecular weight excluding hydrogens is 352 g/mol. The molecule has 2 heterocycles. The molecule has 2 aromatic heterocycles. The smallest absolute Gasteiger partial charge is 0.335 e. The minimum absolute atomic E-state index is 0.225. The highest BCUT2D eigenvalue weighted by Gasteiger charge is 2.09. The third-order valence-corrected chi connectivity index (χ3v) is 4.14. The molecule has 26 heavy (non-hydrogen) atoms. The molecule has 128 valence electrons. The van der Waals surface area contributed by atoms with Crippen LogP contribution in [0.5, 0.6) is 0 Å². The molecule has 0 bridgehead atoms. The summed E-state index contributed by atoms with van der Waals surface area (Å²) in [6.07, 6.45) is 0. The summed E-state index contributed by atoms with van der Waals surface area (Å²) in [5.74, 6) is -0.538. The quantitative estimate of drug-likeness (QED) is 0.557. The van der Waals surface area contributed by atoms with Gasteiger partial charge in [-0.25, -0.2) is 9.31 Å². The van der Waals surface area contributed by atoms with Crippen LogP contribution in [0.4, 0.5) is 11.6 Å². The number of fused-ring (bicyclic) bond motifs is 1. The zero-order chi connectivity index (χ0) is 18.1. The molecule has 0 amide bonds. The number of carboxylic acids is 1. The monoisotopic (exact) mass is 364 g/mol. The van der Waals surface area contributed by atoms with Crippen LogP contribution >= 0.6 is 11.6 Å². The first-order valence-corrected chi connectivity index (χ1v) is 8.20. The summed E-state index contributed by atoms with van der Waals surface area (Å²) >= 11 is 5.96. The van der Waals surface area contributed by atoms with Gasteiger partial charge in [-0.2, -0.15) is 4.98 Å². The van der Waals surface area contributed by atoms with E-state index in [1.165, 1.54) is 12.1 Å². The molecule has 0 saturated carbocycles. The normalized spacial score (nSPS) is 10.8. The van der Waals surface area contributed by atoms with E-state index in [4.69, 9.17) is 16.7 Å². The Morgan fingerprint density at radius 3 is 2.42 bits per heavy atom. The Morgan fingerprint density at radius 2 is 1.73 bits per heavy atom. The first-order chi connectivity index (χ1) is 12.6. The highest BCUT2D eigenvalue weighted by molar-refractivity contribution is 6.30. The van der Waals surface area contributed by atoms with E-state index in [0.717, 1.165) is 11.3 Å². The summed E-state index contributed by atoms with van der Waals surface area (Å²) in [5.41, 5.74) is 3.49. The topological polar surface area (TPSA) is 79.5 Å². The van der Waals surface area contributed by atoms with Crippen molar-refractivity contribution in [2.24, 2.45) is 0 Å². The van der Waals surface area contributed by atoms with Crippen LogP contribution in [0.2, 0.25) is 5.02 Å². The number of nitrogens with zero attached hydrogens (tertiary/aromatic N) is 3. The first kappa shape index (κ1) is 16.1. The molecule has 0 aliphatic heterocycles. The highest BCUT2D eigenvalue weighted by atomic mass is 35.5. The lowest BCUT2D eigenvalue weighted by molar-refractivity contribution is 0.0697. The van der Waals surface area contributed by atoms with Crippen LogP contribution in [0, 0.1) is 0 Å². The number of rotatable bonds is 4. The van der Waals surface area contributed by atoms with Gasteiger partial charge < -0.3 is 10.4 Å². The summed E-state index contributed by atoms with van der Waals surface area (Å²) in [4.78, 5) is 15.4. The molecule has 0 atom stereocenters. The molecule has 0 aliphatic rings. The third kappa shape index (κ3) is 3.10. The lowest BCUT2D eigenvalue weighted by Crippen LogP contribution is -1.98. The van der Waals surface area contributed by atoms with Gasteiger partial charge in [0.1, 0.15) is 0 Å². The van der Waals surface area contributed by atoms with Gasteiger partial charge in [0, 0.05) is 16.3 Å². The Kier molecular flexibility index (Phi) is 4.02. The third-order valence-electron chi connectivity index (χ3n) is 3.89. The molecule has 7 heteroatoms. The van der Waals surface area contributed by atoms with Crippen molar-refractivity contribution in [1.29, 1.82) is 0 Å². The highest BCUT2D eigenvalue weighted by Crippen LogP contribution is 2.23. The predicted octanol–water partition coefficient (Wildman–Crippen LogP) is 4.49. The maximum Gasteiger partial charge on any atom is 0.335 e. The number of halogens is 1. The van der Waals surface area contributed by atoms with E-state index in [1.807, 2.05) is 42.5 Å². The molecule has 0 aliphatic carbocycles. The number of pyridine rings is 1. The zero-order valence-corrected chi connectivity index (χ0v) is 14.2. The number of hydrogen-bond acceptors (Lipinski definition) is 4. The largest absolute Gasteiger partial charge is 0.478 e. The van der Waals surface area contributed by atoms with Gasteiger partial charge in [0.25, 0.3) is 0 Å². The van der Waals surface area contributed by atoms with E-state index in [-0.39, 0.29) is 5.56 Å². The van der Waals surface area contributed by atoms with Crippen LogP contribution in [0.25, 0.3) is 16.9 Å². The molecule has 0 spiro atoms. The Balaban J connectivity index is 1.68. The number of nitrogens with one attached hydrogen (secondary N) is 1. The van der Waals surface area contributed by atoms with Gasteiger partial charge in [0.05, 0.1) is 11.3 Å². The minimum Gasteiger partial charge on any atom is -0.478 e. The maximum absolute atomic E-state index is 10.9. The van der Waals surface area contributed by atoms with Gasteiger partial charge in [0.15, 0.2) is 5.65 Å². The number of carboxylic acid groups (broad SMARTS) is 1. The summed E-state index contributed by atoms with van der Waals surface area (Å²) < 4.78 is 1.75. The van der Waals surface area contributed by atoms with Crippen molar-refractivity contribution in [3.8, 4) is 11.3 Å². The molecule has 0 radical (unpaired) electrons. The molecule has 0 fully saturated rings. The van der Waals surface area contributed by atoms with E-state index in [2.05, 4.69) is 15.4 Å². The van der Waals surface area contributed by atoms with E-state index in [9.17, 15) is 4.79 Å². The first-order valence-electron chi connectivity index (χ1n) is 7.82. The summed E-state index contributed by atoms with van der Waals surface area (Å²) in [7, 11) is 0. The Labute approximate surface area is 153 Å². The average molecular weight is 365 g/mol. The lowest BCUT2D eigenvalue weighted by Gasteiger charge is -2.04. The van der Waals surface area contributed by atoms with Crippen LogP contribution in [0.15, 0.2) is 66.7 Å². The second-order valence-corrected chi connectivity index (χ2v) is 6.07. The number of aromatic nitrogens is 3. The molecular formula is C19H13ClN4O2. The van der Waals surface area contributed by atoms with Crippen LogP contribution < -0.4 is 5.32 Å². The van der Waals surface area contributed by atoms with Crippen LogP contribution in [-0.2, 0) is 0 Å². The standard InChI is InChI=1S/C19H13ClN4O2/c20-14-8-4-12(5-9-14)16-2-1-3-17-22-19(23-24(16)17)21-15-10-6-13(7-11-15)18(25)26/h1-11H,(H,21,23)(H,25,26). The maximum atomic E-state index is 10.9. The number of anilines is 2. The molecule has 2 aromatic carbocycles. The molecule has 4 rings (SSSR count). The fraction of sp³-hybridized carbons (Fsp3) is 0. The Bertz CT molecular complexity index is 1090. The molecule has 0 saturated heterocycles. The van der Waals surface area contributed by atoms with Crippen molar-refractivity contribution in [2.45, 2.75) is 0 Å². The molecule has 6 nitrogen and oxygen atoms in total. The summed E-state index contributed by atoms with van der Waals surface area (Å²) in [6, 6.07) is 19.7. The van der Waals surface area contributed by atoms with Gasteiger partial charge >= 0.3 is 5.97 Å². The fourth-order valence-corrected chi connectivity index (χ4v) is 2.75. The summed E-state index contributed by atoms with van der Waals surface area (Å²) in [6.45, 7) is 0. The van der Waals surface area contributed by atoms with E-state index in [0.29, 0.717) is 22.3 Å². The number of hydrogen-bond donors (Lipinski definition) is 2. The van der Waals surface area contributed by atoms with E-state index in [1.54, 1.807) is 16.6 Å². The van der Waals surface area contributed by atoms with E-state index >= 15 is 0 Å². The second-order valence-electron chi connectivity index (χ2n) is 5.63. The van der Waals surface area contributed by atoms with Gasteiger partial charge in [-0.05, 0) is 48.5 Å². The van der Waals surface area contributed by atoms with Crippen molar-refractivity contribution < 1.29 is 9.90 Å². The Hall–Kier alpha value is -3.38. The lowest BCUT2D eigenvalue weighted by atomic mass is 10.1.